The van der Waals surface area contributed by atoms with Gasteiger partial charge in [-0.05, 0) is 29.3 Å². The van der Waals surface area contributed by atoms with Gasteiger partial charge in [0, 0.05) is 24.2 Å². The smallest absolute Gasteiger partial charge is 0.328 e. The van der Waals surface area contributed by atoms with Crippen LogP contribution in [0, 0.1) is 5.82 Å². The van der Waals surface area contributed by atoms with Crippen molar-refractivity contribution in [1.29, 1.82) is 0 Å². The summed E-state index contributed by atoms with van der Waals surface area (Å²) in [5.41, 5.74) is 1.35. The number of halogens is 2. The maximum Gasteiger partial charge on any atom is 0.328 e. The third-order valence-corrected chi connectivity index (χ3v) is 4.98. The van der Waals surface area contributed by atoms with Crippen LogP contribution in [-0.2, 0) is 32.0 Å². The van der Waals surface area contributed by atoms with Gasteiger partial charge in [-0.1, -0.05) is 46.3 Å². The molecule has 6 nitrogen and oxygen atoms in total. The van der Waals surface area contributed by atoms with Crippen LogP contribution < -0.4 is 10.6 Å². The van der Waals surface area contributed by atoms with Gasteiger partial charge in [-0.15, -0.1) is 0 Å². The summed E-state index contributed by atoms with van der Waals surface area (Å²) in [6.45, 7) is 1.28. The molecule has 0 saturated carbocycles. The first-order chi connectivity index (χ1) is 13.8. The van der Waals surface area contributed by atoms with E-state index in [1.165, 1.54) is 32.2 Å². The molecule has 8 heteroatoms. The Morgan fingerprint density at radius 3 is 2.38 bits per heavy atom. The van der Waals surface area contributed by atoms with Gasteiger partial charge in [-0.2, -0.15) is 0 Å². The molecule has 2 aromatic rings. The molecule has 2 atom stereocenters. The van der Waals surface area contributed by atoms with Gasteiger partial charge in [-0.3, -0.25) is 9.59 Å². The number of carbonyl (C=O) groups excluding carboxylic acids is 3. The predicted molar refractivity (Wildman–Crippen MR) is 110 cm³/mol. The molecule has 0 heterocycles. The fraction of sp³-hybridized carbons (Fsp3) is 0.286. The second-order valence-electron chi connectivity index (χ2n) is 6.47. The van der Waals surface area contributed by atoms with E-state index in [9.17, 15) is 18.8 Å². The van der Waals surface area contributed by atoms with Crippen LogP contribution in [-0.4, -0.2) is 37.0 Å². The van der Waals surface area contributed by atoms with Crippen LogP contribution in [0.2, 0.25) is 0 Å². The van der Waals surface area contributed by atoms with Crippen LogP contribution in [0.3, 0.4) is 0 Å². The second-order valence-corrected chi connectivity index (χ2v) is 7.32. The van der Waals surface area contributed by atoms with E-state index in [0.717, 1.165) is 10.0 Å². The lowest BCUT2D eigenvalue weighted by molar-refractivity contribution is -0.145. The van der Waals surface area contributed by atoms with Gasteiger partial charge >= 0.3 is 5.97 Å². The van der Waals surface area contributed by atoms with Gasteiger partial charge < -0.3 is 15.4 Å². The minimum absolute atomic E-state index is 0.0755. The Labute approximate surface area is 177 Å². The SMILES string of the molecule is COC(=O)[C@H](Cc1ccccc1Br)NC(=O)[C@@H](Cc1cccc(F)c1)NC(C)=O. The van der Waals surface area contributed by atoms with E-state index in [2.05, 4.69) is 26.6 Å². The van der Waals surface area contributed by atoms with Gasteiger partial charge in [0.25, 0.3) is 0 Å². The van der Waals surface area contributed by atoms with Crippen LogP contribution >= 0.6 is 15.9 Å². The summed E-state index contributed by atoms with van der Waals surface area (Å²) in [7, 11) is 1.24. The summed E-state index contributed by atoms with van der Waals surface area (Å²) in [6.07, 6.45) is 0.276. The lowest BCUT2D eigenvalue weighted by Gasteiger charge is -2.22. The first-order valence-corrected chi connectivity index (χ1v) is 9.72. The molecule has 0 bridgehead atoms. The van der Waals surface area contributed by atoms with E-state index in [1.807, 2.05) is 24.3 Å². The Hall–Kier alpha value is -2.74. The van der Waals surface area contributed by atoms with Gasteiger partial charge in [-0.25, -0.2) is 9.18 Å². The summed E-state index contributed by atoms with van der Waals surface area (Å²) in [6, 6.07) is 11.2. The monoisotopic (exact) mass is 464 g/mol. The number of esters is 1. The molecule has 0 aromatic heterocycles. The highest BCUT2D eigenvalue weighted by atomic mass is 79.9. The highest BCUT2D eigenvalue weighted by Crippen LogP contribution is 2.18. The summed E-state index contributed by atoms with van der Waals surface area (Å²) >= 11 is 3.42. The molecule has 0 radical (unpaired) electrons. The lowest BCUT2D eigenvalue weighted by atomic mass is 10.0. The number of carbonyl (C=O) groups is 3. The van der Waals surface area contributed by atoms with Gasteiger partial charge in [0.05, 0.1) is 7.11 Å². The molecule has 0 aliphatic carbocycles. The van der Waals surface area contributed by atoms with E-state index >= 15 is 0 Å². The number of methoxy groups -OCH3 is 1. The number of rotatable bonds is 8. The van der Waals surface area contributed by atoms with E-state index in [0.29, 0.717) is 5.56 Å². The Bertz CT molecular complexity index is 890. The van der Waals surface area contributed by atoms with E-state index in [4.69, 9.17) is 4.74 Å². The molecule has 2 N–H and O–H groups in total. The molecule has 0 saturated heterocycles. The molecule has 0 fully saturated rings. The highest BCUT2D eigenvalue weighted by molar-refractivity contribution is 9.10. The van der Waals surface area contributed by atoms with Crippen molar-refractivity contribution in [3.8, 4) is 0 Å². The first kappa shape index (κ1) is 22.5. The molecular weight excluding hydrogens is 443 g/mol. The van der Waals surface area contributed by atoms with E-state index < -0.39 is 35.7 Å². The van der Waals surface area contributed by atoms with Crippen LogP contribution in [0.25, 0.3) is 0 Å². The van der Waals surface area contributed by atoms with Gasteiger partial charge in [0.1, 0.15) is 17.9 Å². The van der Waals surface area contributed by atoms with Crippen molar-refractivity contribution in [3.05, 3.63) is 69.9 Å². The number of nitrogens with one attached hydrogen (secondary N) is 2. The molecular formula is C21H22BrFN2O4. The number of amides is 2. The van der Waals surface area contributed by atoms with Crippen LogP contribution in [0.5, 0.6) is 0 Å². The molecule has 2 aromatic carbocycles. The Balaban J connectivity index is 2.19. The second kappa shape index (κ2) is 10.7. The number of hydrogen-bond donors (Lipinski definition) is 2. The van der Waals surface area contributed by atoms with Crippen molar-refractivity contribution in [1.82, 2.24) is 10.6 Å². The summed E-state index contributed by atoms with van der Waals surface area (Å²) < 4.78 is 19.1. The summed E-state index contributed by atoms with van der Waals surface area (Å²) in [4.78, 5) is 36.6. The zero-order chi connectivity index (χ0) is 21.4. The van der Waals surface area contributed by atoms with Crippen molar-refractivity contribution in [2.45, 2.75) is 31.8 Å². The van der Waals surface area contributed by atoms with Crippen LogP contribution in [0.15, 0.2) is 53.0 Å². The van der Waals surface area contributed by atoms with Crippen molar-refractivity contribution in [3.63, 3.8) is 0 Å². The van der Waals surface area contributed by atoms with Crippen molar-refractivity contribution < 1.29 is 23.5 Å². The highest BCUT2D eigenvalue weighted by Gasteiger charge is 2.27. The quantitative estimate of drug-likeness (QED) is 0.587. The zero-order valence-corrected chi connectivity index (χ0v) is 17.7. The number of ether oxygens (including phenoxy) is 1. The predicted octanol–water partition coefficient (Wildman–Crippen LogP) is 2.54. The summed E-state index contributed by atoms with van der Waals surface area (Å²) in [5.74, 6) is -2.03. The third-order valence-electron chi connectivity index (χ3n) is 4.21. The molecule has 29 heavy (non-hydrogen) atoms. The van der Waals surface area contributed by atoms with Gasteiger partial charge in [0.2, 0.25) is 11.8 Å². The average Bonchev–Trinajstić information content (AvgIpc) is 2.67. The maximum absolute atomic E-state index is 13.5. The maximum atomic E-state index is 13.5. The fourth-order valence-electron chi connectivity index (χ4n) is 2.85. The largest absolute Gasteiger partial charge is 0.467 e. The molecule has 154 valence electrons. The number of benzene rings is 2. The van der Waals surface area contributed by atoms with Gasteiger partial charge in [0.15, 0.2) is 0 Å². The minimum atomic E-state index is -0.972. The topological polar surface area (TPSA) is 84.5 Å². The van der Waals surface area contributed by atoms with E-state index in [-0.39, 0.29) is 12.8 Å². The Morgan fingerprint density at radius 1 is 1.03 bits per heavy atom. The molecule has 0 aliphatic heterocycles. The Morgan fingerprint density at radius 2 is 1.76 bits per heavy atom. The molecule has 0 unspecified atom stereocenters. The molecule has 0 spiro atoms. The van der Waals surface area contributed by atoms with Crippen molar-refractivity contribution in [2.24, 2.45) is 0 Å². The normalized spacial score (nSPS) is 12.6. The average molecular weight is 465 g/mol. The third kappa shape index (κ3) is 6.98. The standard InChI is InChI=1S/C21H22BrFN2O4/c1-13(26)24-18(11-14-6-5-8-16(23)10-14)20(27)25-19(21(28)29-2)12-15-7-3-4-9-17(15)22/h3-10,18-19H,11-12H2,1-2H3,(H,24,26)(H,25,27)/t18-,19+/m1/s1. The van der Waals surface area contributed by atoms with Crippen molar-refractivity contribution in [2.75, 3.05) is 7.11 Å². The molecule has 2 rings (SSSR count). The molecule has 0 aliphatic rings. The van der Waals surface area contributed by atoms with Crippen LogP contribution in [0.1, 0.15) is 18.1 Å². The summed E-state index contributed by atoms with van der Waals surface area (Å²) in [5, 5.41) is 5.19. The fourth-order valence-corrected chi connectivity index (χ4v) is 3.29. The Kier molecular flexibility index (Phi) is 8.33. The zero-order valence-electron chi connectivity index (χ0n) is 16.1. The first-order valence-electron chi connectivity index (χ1n) is 8.93. The number of hydrogen-bond acceptors (Lipinski definition) is 4. The lowest BCUT2D eigenvalue weighted by Crippen LogP contribution is -2.53. The minimum Gasteiger partial charge on any atom is -0.467 e. The van der Waals surface area contributed by atoms with Crippen molar-refractivity contribution >= 4 is 33.7 Å². The van der Waals surface area contributed by atoms with E-state index in [1.54, 1.807) is 6.07 Å². The van der Waals surface area contributed by atoms with Crippen LogP contribution in [0.4, 0.5) is 4.39 Å². The molecule has 2 amide bonds.